The van der Waals surface area contributed by atoms with Gasteiger partial charge in [0, 0.05) is 18.0 Å². The summed E-state index contributed by atoms with van der Waals surface area (Å²) in [5.41, 5.74) is 6.61. The summed E-state index contributed by atoms with van der Waals surface area (Å²) in [7, 11) is 0. The zero-order valence-electron chi connectivity index (χ0n) is 10.0. The van der Waals surface area contributed by atoms with Crippen LogP contribution in [0.25, 0.3) is 0 Å². The molecule has 7 heteroatoms. The smallest absolute Gasteiger partial charge is 0.158 e. The molecule has 5 nitrogen and oxygen atoms in total. The molecule has 0 fully saturated rings. The van der Waals surface area contributed by atoms with Crippen molar-refractivity contribution in [1.29, 1.82) is 0 Å². The Hall–Kier alpha value is -1.79. The molecule has 0 aliphatic heterocycles. The van der Waals surface area contributed by atoms with Crippen LogP contribution in [0.5, 0.6) is 0 Å². The predicted molar refractivity (Wildman–Crippen MR) is 68.0 cm³/mol. The van der Waals surface area contributed by atoms with Gasteiger partial charge in [-0.1, -0.05) is 22.9 Å². The van der Waals surface area contributed by atoms with E-state index in [0.29, 0.717) is 11.3 Å². The molecule has 0 saturated heterocycles. The highest BCUT2D eigenvalue weighted by Gasteiger charge is 2.10. The number of hydrogen-bond acceptors (Lipinski definition) is 4. The zero-order chi connectivity index (χ0) is 13.8. The first-order valence-electron chi connectivity index (χ1n) is 5.63. The average Bonchev–Trinajstić information content (AvgIpc) is 2.80. The van der Waals surface area contributed by atoms with Crippen molar-refractivity contribution >= 4 is 17.4 Å². The van der Waals surface area contributed by atoms with Crippen molar-refractivity contribution in [3.8, 4) is 0 Å². The van der Waals surface area contributed by atoms with Crippen molar-refractivity contribution in [1.82, 2.24) is 15.0 Å². The Morgan fingerprint density at radius 2 is 2.26 bits per heavy atom. The molecule has 2 aromatic rings. The third-order valence-corrected chi connectivity index (χ3v) is 2.89. The first kappa shape index (κ1) is 13.6. The molecule has 100 valence electrons. The van der Waals surface area contributed by atoms with E-state index >= 15 is 0 Å². The second-order valence-electron chi connectivity index (χ2n) is 4.06. The molecule has 1 heterocycles. The van der Waals surface area contributed by atoms with E-state index in [2.05, 4.69) is 10.3 Å². The van der Waals surface area contributed by atoms with Gasteiger partial charge in [-0.05, 0) is 17.7 Å². The van der Waals surface area contributed by atoms with Crippen LogP contribution in [0.4, 0.5) is 4.39 Å². The highest BCUT2D eigenvalue weighted by molar-refractivity contribution is 6.31. The molecule has 0 spiro atoms. The zero-order valence-corrected chi connectivity index (χ0v) is 10.8. The summed E-state index contributed by atoms with van der Waals surface area (Å²) in [6, 6.07) is 3.96. The first-order chi connectivity index (χ1) is 9.08. The van der Waals surface area contributed by atoms with Gasteiger partial charge in [-0.25, -0.2) is 9.07 Å². The maximum absolute atomic E-state index is 12.9. The average molecular weight is 283 g/mol. The molecule has 1 aromatic heterocycles. The third-order valence-electron chi connectivity index (χ3n) is 2.54. The van der Waals surface area contributed by atoms with Crippen LogP contribution in [-0.2, 0) is 24.3 Å². The number of nitrogens with two attached hydrogens (primary N) is 1. The lowest BCUT2D eigenvalue weighted by Crippen LogP contribution is -2.13. The highest BCUT2D eigenvalue weighted by atomic mass is 35.5. The molecule has 0 saturated carbocycles. The number of benzene rings is 1. The van der Waals surface area contributed by atoms with Gasteiger partial charge >= 0.3 is 0 Å². The van der Waals surface area contributed by atoms with E-state index in [1.165, 1.54) is 22.9 Å². The summed E-state index contributed by atoms with van der Waals surface area (Å²) >= 11 is 5.86. The Morgan fingerprint density at radius 3 is 2.89 bits per heavy atom. The maximum Gasteiger partial charge on any atom is 0.158 e. The van der Waals surface area contributed by atoms with Gasteiger partial charge in [0.1, 0.15) is 12.4 Å². The van der Waals surface area contributed by atoms with E-state index in [0.717, 1.165) is 0 Å². The van der Waals surface area contributed by atoms with E-state index in [1.54, 1.807) is 6.20 Å². The molecule has 0 bridgehead atoms. The molecule has 0 amide bonds. The molecule has 1 aromatic carbocycles. The van der Waals surface area contributed by atoms with Gasteiger partial charge in [-0.3, -0.25) is 4.79 Å². The molecule has 2 N–H and O–H groups in total. The van der Waals surface area contributed by atoms with Crippen LogP contribution < -0.4 is 5.73 Å². The van der Waals surface area contributed by atoms with Crippen molar-refractivity contribution in [2.45, 2.75) is 19.5 Å². The van der Waals surface area contributed by atoms with Gasteiger partial charge in [0.15, 0.2) is 5.78 Å². The fourth-order valence-corrected chi connectivity index (χ4v) is 1.86. The van der Waals surface area contributed by atoms with Crippen LogP contribution in [0.15, 0.2) is 24.4 Å². The van der Waals surface area contributed by atoms with Crippen LogP contribution in [0.3, 0.4) is 0 Å². The Bertz CT molecular complexity index is 599. The Kier molecular flexibility index (Phi) is 4.24. The number of nitrogens with zero attached hydrogens (tertiary/aromatic N) is 3. The summed E-state index contributed by atoms with van der Waals surface area (Å²) in [4.78, 5) is 11.8. The molecular formula is C12H12ClFN4O. The lowest BCUT2D eigenvalue weighted by molar-refractivity contribution is -0.119. The standard InChI is InChI=1S/C12H12ClFN4O/c13-12-4-9(14)2-1-8(12)3-11(19)7-18-6-10(5-15)16-17-18/h1-2,4,6H,3,5,7,15H2. The molecule has 0 atom stereocenters. The van der Waals surface area contributed by atoms with Crippen molar-refractivity contribution in [2.75, 3.05) is 0 Å². The lowest BCUT2D eigenvalue weighted by Gasteiger charge is -2.03. The van der Waals surface area contributed by atoms with Crippen LogP contribution in [0.2, 0.25) is 5.02 Å². The Morgan fingerprint density at radius 1 is 1.47 bits per heavy atom. The second-order valence-corrected chi connectivity index (χ2v) is 4.47. The highest BCUT2D eigenvalue weighted by Crippen LogP contribution is 2.18. The fourth-order valence-electron chi connectivity index (χ4n) is 1.62. The van der Waals surface area contributed by atoms with Crippen molar-refractivity contribution in [2.24, 2.45) is 5.73 Å². The number of Topliss-reactive ketones (excluding diaryl/α,β-unsaturated/α-hetero) is 1. The molecule has 19 heavy (non-hydrogen) atoms. The second kappa shape index (κ2) is 5.90. The van der Waals surface area contributed by atoms with Gasteiger partial charge < -0.3 is 5.73 Å². The van der Waals surface area contributed by atoms with Gasteiger partial charge in [-0.15, -0.1) is 5.10 Å². The minimum atomic E-state index is -0.426. The minimum absolute atomic E-state index is 0.0840. The van der Waals surface area contributed by atoms with Gasteiger partial charge in [0.25, 0.3) is 0 Å². The van der Waals surface area contributed by atoms with Gasteiger partial charge in [0.05, 0.1) is 11.9 Å². The van der Waals surface area contributed by atoms with Crippen LogP contribution >= 0.6 is 11.6 Å². The van der Waals surface area contributed by atoms with E-state index in [-0.39, 0.29) is 30.3 Å². The summed E-state index contributed by atoms with van der Waals surface area (Å²) in [6.45, 7) is 0.360. The number of rotatable bonds is 5. The van der Waals surface area contributed by atoms with Crippen LogP contribution in [0.1, 0.15) is 11.3 Å². The summed E-state index contributed by atoms with van der Waals surface area (Å²) in [6.07, 6.45) is 1.74. The number of halogens is 2. The minimum Gasteiger partial charge on any atom is -0.325 e. The largest absolute Gasteiger partial charge is 0.325 e. The molecule has 0 unspecified atom stereocenters. The number of carbonyl (C=O) groups excluding carboxylic acids is 1. The van der Waals surface area contributed by atoms with E-state index in [1.807, 2.05) is 0 Å². The topological polar surface area (TPSA) is 73.8 Å². The molecule has 0 aliphatic rings. The number of ketones is 1. The van der Waals surface area contributed by atoms with E-state index in [4.69, 9.17) is 17.3 Å². The monoisotopic (exact) mass is 282 g/mol. The number of hydrogen-bond donors (Lipinski definition) is 1. The fraction of sp³-hybridized carbons (Fsp3) is 0.250. The van der Waals surface area contributed by atoms with Crippen molar-refractivity contribution in [3.63, 3.8) is 0 Å². The van der Waals surface area contributed by atoms with Crippen molar-refractivity contribution in [3.05, 3.63) is 46.5 Å². The van der Waals surface area contributed by atoms with Gasteiger partial charge in [0.2, 0.25) is 0 Å². The summed E-state index contributed by atoms with van der Waals surface area (Å²) in [5, 5.41) is 7.81. The lowest BCUT2D eigenvalue weighted by atomic mass is 10.1. The Labute approximate surface area is 114 Å². The molecule has 2 rings (SSSR count). The summed E-state index contributed by atoms with van der Waals surface area (Å²) in [5.74, 6) is -0.521. The van der Waals surface area contributed by atoms with Gasteiger partial charge in [-0.2, -0.15) is 0 Å². The third kappa shape index (κ3) is 3.59. The van der Waals surface area contributed by atoms with E-state index in [9.17, 15) is 9.18 Å². The number of aromatic nitrogens is 3. The molecular weight excluding hydrogens is 271 g/mol. The maximum atomic E-state index is 12.9. The summed E-state index contributed by atoms with van der Waals surface area (Å²) < 4.78 is 14.3. The van der Waals surface area contributed by atoms with Crippen LogP contribution in [-0.4, -0.2) is 20.8 Å². The molecule has 0 aliphatic carbocycles. The first-order valence-corrected chi connectivity index (χ1v) is 6.01. The van der Waals surface area contributed by atoms with E-state index < -0.39 is 5.82 Å². The molecule has 0 radical (unpaired) electrons. The normalized spacial score (nSPS) is 10.7. The Balaban J connectivity index is 2.01. The van der Waals surface area contributed by atoms with Crippen molar-refractivity contribution < 1.29 is 9.18 Å². The number of carbonyl (C=O) groups is 1. The SMILES string of the molecule is NCc1cn(CC(=O)Cc2ccc(F)cc2Cl)nn1. The quantitative estimate of drug-likeness (QED) is 0.898. The predicted octanol–water partition coefficient (Wildman–Crippen LogP) is 1.34. The van der Waals surface area contributed by atoms with Crippen LogP contribution in [0, 0.1) is 5.82 Å².